The van der Waals surface area contributed by atoms with Gasteiger partial charge in [-0.05, 0) is 0 Å². The molecule has 2 aromatic carbocycles. The van der Waals surface area contributed by atoms with Crippen LogP contribution < -0.4 is 9.62 Å². The van der Waals surface area contributed by atoms with E-state index in [9.17, 15) is 0 Å². The molecule has 0 unspecified atom stereocenters. The van der Waals surface area contributed by atoms with Crippen molar-refractivity contribution in [1.29, 1.82) is 0 Å². The molecule has 0 amide bonds. The molecule has 7 heteroatoms. The molecule has 0 radical (unpaired) electrons. The van der Waals surface area contributed by atoms with Crippen LogP contribution in [-0.2, 0) is 18.7 Å². The van der Waals surface area contributed by atoms with Gasteiger partial charge in [-0.25, -0.2) is 0 Å². The molecule has 1 saturated heterocycles. The van der Waals surface area contributed by atoms with Gasteiger partial charge in [-0.15, -0.1) is 0 Å². The molecule has 4 nitrogen and oxygen atoms in total. The molecule has 0 aromatic heterocycles. The fraction of sp³-hybridized carbons (Fsp3) is 0.316. The van der Waals surface area contributed by atoms with Crippen molar-refractivity contribution in [1.82, 2.24) is 9.62 Å². The Balaban J connectivity index is 2.11. The van der Waals surface area contributed by atoms with Crippen LogP contribution in [0.3, 0.4) is 0 Å². The maximum absolute atomic E-state index is 3.58. The molecule has 1 aliphatic heterocycles. The third-order valence-corrected chi connectivity index (χ3v) is 5.60. The van der Waals surface area contributed by atoms with Gasteiger partial charge in [-0.1, -0.05) is 0 Å². The molecule has 138 valence electrons. The van der Waals surface area contributed by atoms with E-state index in [1.54, 1.807) is 0 Å². The summed E-state index contributed by atoms with van der Waals surface area (Å²) < 4.78 is 1.10. The molecule has 0 N–H and O–H groups in total. The zero-order valence-electron chi connectivity index (χ0n) is 16.4. The summed E-state index contributed by atoms with van der Waals surface area (Å²) in [6.45, 7) is 4.61. The number of hydrogen-bond donors (Lipinski definition) is 0. The summed E-state index contributed by atoms with van der Waals surface area (Å²) in [6.07, 6.45) is 0. The summed E-state index contributed by atoms with van der Waals surface area (Å²) in [5, 5.41) is 0. The number of aryl methyl sites for hydroxylation is 2. The molecular formula is C19H26B2N4Pd. The monoisotopic (exact) mass is 438 g/mol. The minimum absolute atomic E-state index is 0.179. The van der Waals surface area contributed by atoms with Crippen molar-refractivity contribution in [3.8, 4) is 0 Å². The summed E-state index contributed by atoms with van der Waals surface area (Å²) in [6, 6.07) is 17.5. The fourth-order valence-corrected chi connectivity index (χ4v) is 4.31. The van der Waals surface area contributed by atoms with Gasteiger partial charge in [0, 0.05) is 0 Å². The molecule has 1 fully saturated rings. The van der Waals surface area contributed by atoms with E-state index in [2.05, 4.69) is 129 Å². The molecule has 1 aliphatic rings. The number of hydrogen-bond acceptors (Lipinski definition) is 4. The van der Waals surface area contributed by atoms with Crippen LogP contribution >= 0.6 is 0 Å². The molecule has 0 spiro atoms. The molecule has 0 aliphatic carbocycles. The average molecular weight is 438 g/mol. The van der Waals surface area contributed by atoms with Crippen LogP contribution in [0.25, 0.3) is 0 Å². The standard InChI is InChI=1S/C19H26B2N4.Pd/c1-16-7-11-18(12-8-16)24-15-25(19-13-9-17(2)10-14-19)21(23(5)6)20(24)22(3)4;/h7-14H,1-6H3;. The Bertz CT molecular complexity index is 712. The second-order valence-electron chi connectivity index (χ2n) is 7.41. The third kappa shape index (κ3) is 3.54. The quantitative estimate of drug-likeness (QED) is 0.680. The number of nitrogens with zero attached hydrogens (tertiary/aromatic N) is 4. The second kappa shape index (κ2) is 7.70. The average Bonchev–Trinajstić information content (AvgIpc) is 2.90. The number of anilines is 2. The Morgan fingerprint density at radius 3 is 1.23 bits per heavy atom. The summed E-state index contributed by atoms with van der Waals surface area (Å²) in [5.74, 6) is 0. The number of rotatable bonds is 4. The molecule has 1 heterocycles. The topological polar surface area (TPSA) is 13.0 Å². The van der Waals surface area contributed by atoms with Gasteiger partial charge in [0.25, 0.3) is 0 Å². The van der Waals surface area contributed by atoms with E-state index in [0.29, 0.717) is 0 Å². The van der Waals surface area contributed by atoms with Crippen molar-refractivity contribution in [2.45, 2.75) is 13.8 Å². The van der Waals surface area contributed by atoms with Gasteiger partial charge in [-0.2, -0.15) is 0 Å². The van der Waals surface area contributed by atoms with Crippen molar-refractivity contribution < 1.29 is 18.7 Å². The van der Waals surface area contributed by atoms with Gasteiger partial charge in [0.2, 0.25) is 0 Å². The molecule has 26 heavy (non-hydrogen) atoms. The van der Waals surface area contributed by atoms with E-state index < -0.39 is 0 Å². The Kier molecular flexibility index (Phi) is 5.74. The molecule has 3 rings (SSSR count). The fourth-order valence-electron chi connectivity index (χ4n) is 3.49. The van der Waals surface area contributed by atoms with Crippen LogP contribution in [0.2, 0.25) is 0 Å². The molecular weight excluding hydrogens is 412 g/mol. The van der Waals surface area contributed by atoms with E-state index >= 15 is 0 Å². The van der Waals surface area contributed by atoms with E-state index in [1.807, 2.05) is 0 Å². The van der Waals surface area contributed by atoms with Crippen LogP contribution in [0, 0.1) is 13.8 Å². The molecule has 0 saturated carbocycles. The van der Waals surface area contributed by atoms with Crippen molar-refractivity contribution in [2.24, 2.45) is 0 Å². The van der Waals surface area contributed by atoms with Crippen LogP contribution in [0.5, 0.6) is 0 Å². The van der Waals surface area contributed by atoms with Crippen LogP contribution in [-0.4, -0.2) is 55.8 Å². The first-order chi connectivity index (χ1) is 12.3. The van der Waals surface area contributed by atoms with E-state index in [1.165, 1.54) is 22.5 Å². The molecule has 0 atom stereocenters. The zero-order valence-corrected chi connectivity index (χ0v) is 17.9. The van der Waals surface area contributed by atoms with Gasteiger partial charge in [-0.3, -0.25) is 0 Å². The SMILES string of the molecule is Cc1ccc(N2B(N(C)C)B(N(C)C)N(c3ccc(C)cc3)[C]2=[Pd])cc1. The van der Waals surface area contributed by atoms with Crippen molar-refractivity contribution in [3.05, 3.63) is 59.7 Å². The minimum atomic E-state index is 0.179. The molecule has 2 aromatic rings. The Labute approximate surface area is 168 Å². The summed E-state index contributed by atoms with van der Waals surface area (Å²) in [7, 11) is 8.58. The van der Waals surface area contributed by atoms with Gasteiger partial charge in [0.15, 0.2) is 0 Å². The van der Waals surface area contributed by atoms with Gasteiger partial charge in [0.1, 0.15) is 0 Å². The number of benzene rings is 2. The first kappa shape index (κ1) is 19.4. The Morgan fingerprint density at radius 2 is 0.962 bits per heavy atom. The third-order valence-electron chi connectivity index (χ3n) is 4.85. The van der Waals surface area contributed by atoms with Crippen molar-refractivity contribution in [3.63, 3.8) is 0 Å². The Morgan fingerprint density at radius 1 is 0.654 bits per heavy atom. The van der Waals surface area contributed by atoms with Gasteiger partial charge < -0.3 is 0 Å². The maximum atomic E-state index is 3.58. The van der Waals surface area contributed by atoms with Crippen molar-refractivity contribution >= 4 is 29.4 Å². The predicted molar refractivity (Wildman–Crippen MR) is 111 cm³/mol. The summed E-state index contributed by atoms with van der Waals surface area (Å²) >= 11 is 3.58. The normalized spacial score (nSPS) is 15.1. The van der Waals surface area contributed by atoms with E-state index in [4.69, 9.17) is 0 Å². The summed E-state index contributed by atoms with van der Waals surface area (Å²) in [4.78, 5) is 9.33. The molecule has 0 bridgehead atoms. The van der Waals surface area contributed by atoms with Crippen molar-refractivity contribution in [2.75, 3.05) is 37.8 Å². The predicted octanol–water partition coefficient (Wildman–Crippen LogP) is 2.44. The second-order valence-corrected chi connectivity index (χ2v) is 8.10. The van der Waals surface area contributed by atoms with Crippen LogP contribution in [0.1, 0.15) is 11.1 Å². The van der Waals surface area contributed by atoms with E-state index in [0.717, 1.165) is 4.23 Å². The summed E-state index contributed by atoms with van der Waals surface area (Å²) in [5.41, 5.74) is 4.93. The van der Waals surface area contributed by atoms with Crippen LogP contribution in [0.15, 0.2) is 48.5 Å². The van der Waals surface area contributed by atoms with Crippen LogP contribution in [0.4, 0.5) is 11.4 Å². The van der Waals surface area contributed by atoms with Gasteiger partial charge >= 0.3 is 169 Å². The van der Waals surface area contributed by atoms with E-state index in [-0.39, 0.29) is 13.7 Å². The first-order valence-corrected chi connectivity index (χ1v) is 9.63. The zero-order chi connectivity index (χ0) is 19.0. The van der Waals surface area contributed by atoms with Gasteiger partial charge in [0.05, 0.1) is 0 Å². The first-order valence-electron chi connectivity index (χ1n) is 8.85. The Hall–Kier alpha value is -1.38.